The lowest BCUT2D eigenvalue weighted by Gasteiger charge is -2.10. The number of halogens is 2. The van der Waals surface area contributed by atoms with Gasteiger partial charge in [0.25, 0.3) is 18.0 Å². The number of alkyl halides is 2. The van der Waals surface area contributed by atoms with E-state index in [9.17, 15) is 23.7 Å². The molecule has 0 saturated carbocycles. The first kappa shape index (κ1) is 22.7. The number of nitrogens with zero attached hydrogens (tertiary/aromatic N) is 3. The summed E-state index contributed by atoms with van der Waals surface area (Å²) in [4.78, 5) is 22.9. The summed E-state index contributed by atoms with van der Waals surface area (Å²) in [6.07, 6.45) is -1.20. The van der Waals surface area contributed by atoms with Crippen LogP contribution in [0.1, 0.15) is 21.6 Å². The van der Waals surface area contributed by atoms with E-state index in [1.807, 2.05) is 32.0 Å². The molecule has 1 heterocycles. The van der Waals surface area contributed by atoms with Crippen molar-refractivity contribution in [3.05, 3.63) is 75.6 Å². The molecular weight excluding hydrogens is 426 g/mol. The maximum Gasteiger partial charge on any atom is 0.276 e. The van der Waals surface area contributed by atoms with Gasteiger partial charge >= 0.3 is 0 Å². The van der Waals surface area contributed by atoms with Gasteiger partial charge in [0, 0.05) is 18.3 Å². The lowest BCUT2D eigenvalue weighted by atomic mass is 10.1. The van der Waals surface area contributed by atoms with Crippen molar-refractivity contribution in [1.29, 1.82) is 0 Å². The van der Waals surface area contributed by atoms with E-state index in [-0.39, 0.29) is 23.9 Å². The molecule has 0 bridgehead atoms. The lowest BCUT2D eigenvalue weighted by Crippen LogP contribution is -2.15. The molecule has 3 aromatic rings. The molecule has 1 aromatic heterocycles. The first-order chi connectivity index (χ1) is 15.2. The van der Waals surface area contributed by atoms with E-state index in [4.69, 9.17) is 9.47 Å². The van der Waals surface area contributed by atoms with E-state index >= 15 is 0 Å². The van der Waals surface area contributed by atoms with E-state index in [0.29, 0.717) is 5.75 Å². The molecule has 32 heavy (non-hydrogen) atoms. The molecule has 0 aliphatic carbocycles. The van der Waals surface area contributed by atoms with Crippen LogP contribution >= 0.6 is 0 Å². The van der Waals surface area contributed by atoms with Gasteiger partial charge in [0.2, 0.25) is 0 Å². The van der Waals surface area contributed by atoms with Crippen molar-refractivity contribution in [2.75, 3.05) is 11.9 Å². The summed E-state index contributed by atoms with van der Waals surface area (Å²) in [5.41, 5.74) is 1.63. The van der Waals surface area contributed by atoms with E-state index in [1.165, 1.54) is 16.8 Å². The minimum absolute atomic E-state index is 0.00894. The molecule has 1 N–H and O–H groups in total. The molecule has 168 valence electrons. The summed E-state index contributed by atoms with van der Waals surface area (Å²) in [6, 6.07) is 10.6. The van der Waals surface area contributed by atoms with E-state index < -0.39 is 29.6 Å². The molecular formula is C21H20F2N4O5. The number of nitro groups is 1. The molecule has 2 aromatic carbocycles. The first-order valence-electron chi connectivity index (χ1n) is 9.46. The fourth-order valence-electron chi connectivity index (χ4n) is 2.75. The van der Waals surface area contributed by atoms with Gasteiger partial charge in [0.1, 0.15) is 18.1 Å². The van der Waals surface area contributed by atoms with Crippen molar-refractivity contribution in [1.82, 2.24) is 9.78 Å². The molecule has 0 radical (unpaired) electrons. The van der Waals surface area contributed by atoms with Crippen LogP contribution < -0.4 is 14.8 Å². The van der Waals surface area contributed by atoms with Crippen LogP contribution in [-0.4, -0.2) is 33.6 Å². The maximum absolute atomic E-state index is 12.5. The number of hydrogen-bond donors (Lipinski definition) is 1. The Morgan fingerprint density at radius 1 is 1.19 bits per heavy atom. The van der Waals surface area contributed by atoms with Gasteiger partial charge in [-0.1, -0.05) is 12.1 Å². The summed E-state index contributed by atoms with van der Waals surface area (Å²) < 4.78 is 36.7. The van der Waals surface area contributed by atoms with Gasteiger partial charge < -0.3 is 14.8 Å². The number of carbonyl (C=O) groups excluding carboxylic acids is 1. The number of aromatic nitrogens is 2. The predicted octanol–water partition coefficient (Wildman–Crippen LogP) is 4.34. The number of hydrogen-bond acceptors (Lipinski definition) is 6. The van der Waals surface area contributed by atoms with Crippen molar-refractivity contribution in [2.45, 2.75) is 27.0 Å². The SMILES string of the molecule is Cc1ccc(C)c(OCn2ccc(C(=O)Nc3cc(OCC(F)F)cc([N+](=O)[O-])c3)n2)c1. The van der Waals surface area contributed by atoms with Crippen LogP contribution in [0.3, 0.4) is 0 Å². The van der Waals surface area contributed by atoms with Crippen molar-refractivity contribution in [3.8, 4) is 11.5 Å². The Morgan fingerprint density at radius 3 is 2.69 bits per heavy atom. The highest BCUT2D eigenvalue weighted by molar-refractivity contribution is 6.03. The Balaban J connectivity index is 1.69. The summed E-state index contributed by atoms with van der Waals surface area (Å²) >= 11 is 0. The third kappa shape index (κ3) is 6.00. The molecule has 0 aliphatic rings. The van der Waals surface area contributed by atoms with E-state index in [2.05, 4.69) is 10.4 Å². The minimum Gasteiger partial charge on any atom is -0.487 e. The summed E-state index contributed by atoms with van der Waals surface area (Å²) in [6.45, 7) is 3.00. The molecule has 0 fully saturated rings. The Kier molecular flexibility index (Phi) is 6.98. The molecule has 11 heteroatoms. The molecule has 0 spiro atoms. The zero-order valence-corrected chi connectivity index (χ0v) is 17.2. The van der Waals surface area contributed by atoms with Gasteiger partial charge in [-0.2, -0.15) is 5.10 Å². The zero-order chi connectivity index (χ0) is 23.3. The number of benzene rings is 2. The molecule has 0 aliphatic heterocycles. The first-order valence-corrected chi connectivity index (χ1v) is 9.46. The predicted molar refractivity (Wildman–Crippen MR) is 111 cm³/mol. The van der Waals surface area contributed by atoms with Crippen LogP contribution in [0.15, 0.2) is 48.7 Å². The van der Waals surface area contributed by atoms with Crippen LogP contribution in [0.5, 0.6) is 11.5 Å². The number of nitrogens with one attached hydrogen (secondary N) is 1. The Morgan fingerprint density at radius 2 is 1.97 bits per heavy atom. The number of aryl methyl sites for hydroxylation is 2. The van der Waals surface area contributed by atoms with Gasteiger partial charge in [0.15, 0.2) is 12.4 Å². The average Bonchev–Trinajstić information content (AvgIpc) is 3.22. The van der Waals surface area contributed by atoms with E-state index in [0.717, 1.165) is 23.3 Å². The normalized spacial score (nSPS) is 10.8. The van der Waals surface area contributed by atoms with Crippen molar-refractivity contribution in [2.24, 2.45) is 0 Å². The fraction of sp³-hybridized carbons (Fsp3) is 0.238. The van der Waals surface area contributed by atoms with Gasteiger partial charge in [0.05, 0.1) is 16.7 Å². The number of nitro benzene ring substituents is 1. The number of ether oxygens (including phenoxy) is 2. The number of carbonyl (C=O) groups is 1. The van der Waals surface area contributed by atoms with Gasteiger partial charge in [-0.25, -0.2) is 13.5 Å². The molecule has 0 unspecified atom stereocenters. The molecule has 3 rings (SSSR count). The minimum atomic E-state index is -2.75. The number of non-ortho nitro benzene ring substituents is 1. The summed E-state index contributed by atoms with van der Waals surface area (Å²) in [7, 11) is 0. The van der Waals surface area contributed by atoms with Crippen LogP contribution in [0, 0.1) is 24.0 Å². The van der Waals surface area contributed by atoms with Gasteiger partial charge in [-0.15, -0.1) is 0 Å². The summed E-state index contributed by atoms with van der Waals surface area (Å²) in [5.74, 6) is -0.113. The fourth-order valence-corrected chi connectivity index (χ4v) is 2.75. The second kappa shape index (κ2) is 9.86. The van der Waals surface area contributed by atoms with Crippen LogP contribution in [0.4, 0.5) is 20.2 Å². The van der Waals surface area contributed by atoms with Crippen LogP contribution in [0.25, 0.3) is 0 Å². The maximum atomic E-state index is 12.5. The highest BCUT2D eigenvalue weighted by Crippen LogP contribution is 2.27. The topological polar surface area (TPSA) is 109 Å². The Bertz CT molecular complexity index is 1130. The highest BCUT2D eigenvalue weighted by Gasteiger charge is 2.16. The highest BCUT2D eigenvalue weighted by atomic mass is 19.3. The smallest absolute Gasteiger partial charge is 0.276 e. The second-order valence-electron chi connectivity index (χ2n) is 6.91. The van der Waals surface area contributed by atoms with E-state index in [1.54, 1.807) is 6.20 Å². The number of rotatable bonds is 9. The van der Waals surface area contributed by atoms with Crippen molar-refractivity contribution in [3.63, 3.8) is 0 Å². The third-order valence-electron chi connectivity index (χ3n) is 4.31. The van der Waals surface area contributed by atoms with Gasteiger partial charge in [-0.3, -0.25) is 14.9 Å². The monoisotopic (exact) mass is 446 g/mol. The Hall–Kier alpha value is -4.02. The largest absolute Gasteiger partial charge is 0.487 e. The molecule has 9 nitrogen and oxygen atoms in total. The molecule has 0 saturated heterocycles. The Labute approximate surface area is 181 Å². The van der Waals surface area contributed by atoms with Crippen LogP contribution in [-0.2, 0) is 6.73 Å². The average molecular weight is 446 g/mol. The third-order valence-corrected chi connectivity index (χ3v) is 4.31. The second-order valence-corrected chi connectivity index (χ2v) is 6.91. The van der Waals surface area contributed by atoms with Crippen LogP contribution in [0.2, 0.25) is 0 Å². The summed E-state index contributed by atoms with van der Waals surface area (Å²) in [5, 5.41) is 17.7. The molecule has 1 amide bonds. The number of amides is 1. The van der Waals surface area contributed by atoms with Crippen molar-refractivity contribution >= 4 is 17.3 Å². The standard InChI is InChI=1S/C21H20F2N4O5/c1-13-3-4-14(2)19(7-13)32-12-26-6-5-18(25-26)21(28)24-15-8-16(27(29)30)10-17(9-15)31-11-20(22)23/h3-10,20H,11-12H2,1-2H3,(H,24,28). The van der Waals surface area contributed by atoms with Crippen molar-refractivity contribution < 1.29 is 28.0 Å². The molecule has 0 atom stereocenters. The quantitative estimate of drug-likeness (QED) is 0.387. The zero-order valence-electron chi connectivity index (χ0n) is 17.2. The van der Waals surface area contributed by atoms with Gasteiger partial charge in [-0.05, 0) is 37.1 Å². The lowest BCUT2D eigenvalue weighted by molar-refractivity contribution is -0.384. The number of anilines is 1.